The summed E-state index contributed by atoms with van der Waals surface area (Å²) in [6.45, 7) is 8.44. The van der Waals surface area contributed by atoms with Crippen LogP contribution in [0, 0.1) is 13.8 Å². The van der Waals surface area contributed by atoms with Crippen molar-refractivity contribution in [3.63, 3.8) is 0 Å². The Balaban J connectivity index is 2.57. The molecule has 0 saturated heterocycles. The lowest BCUT2D eigenvalue weighted by molar-refractivity contribution is 0.777. The van der Waals surface area contributed by atoms with Crippen LogP contribution in [0.5, 0.6) is 0 Å². The Labute approximate surface area is 115 Å². The van der Waals surface area contributed by atoms with E-state index in [1.54, 1.807) is 0 Å². The summed E-state index contributed by atoms with van der Waals surface area (Å²) < 4.78 is 0. The van der Waals surface area contributed by atoms with Crippen molar-refractivity contribution in [2.24, 2.45) is 0 Å². The summed E-state index contributed by atoms with van der Waals surface area (Å²) in [6, 6.07) is 8.50. The number of nitrogens with zero attached hydrogens (tertiary/aromatic N) is 2. The van der Waals surface area contributed by atoms with Crippen molar-refractivity contribution in [2.75, 3.05) is 12.4 Å². The van der Waals surface area contributed by atoms with Gasteiger partial charge in [0.2, 0.25) is 0 Å². The van der Waals surface area contributed by atoms with Crippen molar-refractivity contribution in [3.8, 4) is 11.3 Å². The first-order chi connectivity index (χ1) is 8.99. The molecule has 3 heteroatoms. The first-order valence-corrected chi connectivity index (χ1v) is 6.65. The Bertz CT molecular complexity index is 568. The summed E-state index contributed by atoms with van der Waals surface area (Å²) in [5, 5.41) is 3.11. The molecule has 2 aromatic rings. The zero-order chi connectivity index (χ0) is 14.0. The van der Waals surface area contributed by atoms with E-state index in [0.29, 0.717) is 5.92 Å². The lowest BCUT2D eigenvalue weighted by atomic mass is 10.0. The molecule has 0 saturated carbocycles. The van der Waals surface area contributed by atoms with Crippen LogP contribution in [0.2, 0.25) is 0 Å². The lowest BCUT2D eigenvalue weighted by Crippen LogP contribution is -2.03. The summed E-state index contributed by atoms with van der Waals surface area (Å²) in [5.41, 5.74) is 4.64. The number of anilines is 1. The lowest BCUT2D eigenvalue weighted by Gasteiger charge is -2.11. The Morgan fingerprint density at radius 2 is 1.58 bits per heavy atom. The highest BCUT2D eigenvalue weighted by Gasteiger charge is 2.09. The second kappa shape index (κ2) is 5.39. The number of nitrogens with one attached hydrogen (secondary N) is 1. The summed E-state index contributed by atoms with van der Waals surface area (Å²) in [7, 11) is 1.89. The van der Waals surface area contributed by atoms with Crippen molar-refractivity contribution in [3.05, 3.63) is 41.2 Å². The van der Waals surface area contributed by atoms with Gasteiger partial charge in [-0.3, -0.25) is 0 Å². The van der Waals surface area contributed by atoms with Gasteiger partial charge in [-0.25, -0.2) is 9.97 Å². The molecule has 0 amide bonds. The molecule has 0 fully saturated rings. The molecular formula is C16H21N3. The first kappa shape index (κ1) is 13.5. The SMILES string of the molecule is CNc1cc(-c2cc(C)cc(C)c2)nc(C(C)C)n1. The van der Waals surface area contributed by atoms with E-state index in [9.17, 15) is 0 Å². The molecule has 0 atom stereocenters. The maximum absolute atomic E-state index is 4.68. The topological polar surface area (TPSA) is 37.8 Å². The van der Waals surface area contributed by atoms with Gasteiger partial charge in [0.05, 0.1) is 5.69 Å². The molecular weight excluding hydrogens is 234 g/mol. The minimum absolute atomic E-state index is 0.318. The van der Waals surface area contributed by atoms with E-state index in [4.69, 9.17) is 0 Å². The average Bonchev–Trinajstić information content (AvgIpc) is 2.37. The van der Waals surface area contributed by atoms with Crippen LogP contribution in [0.3, 0.4) is 0 Å². The monoisotopic (exact) mass is 255 g/mol. The van der Waals surface area contributed by atoms with Crippen molar-refractivity contribution < 1.29 is 0 Å². The Morgan fingerprint density at radius 3 is 2.11 bits per heavy atom. The van der Waals surface area contributed by atoms with Gasteiger partial charge in [0.15, 0.2) is 0 Å². The number of aryl methyl sites for hydroxylation is 2. The van der Waals surface area contributed by atoms with Gasteiger partial charge in [-0.2, -0.15) is 0 Å². The molecule has 1 N–H and O–H groups in total. The van der Waals surface area contributed by atoms with Crippen LogP contribution in [0.15, 0.2) is 24.3 Å². The molecule has 1 heterocycles. The molecule has 19 heavy (non-hydrogen) atoms. The molecule has 0 spiro atoms. The van der Waals surface area contributed by atoms with Crippen LogP contribution in [0.1, 0.15) is 36.7 Å². The fourth-order valence-corrected chi connectivity index (χ4v) is 2.12. The normalized spacial score (nSPS) is 10.8. The molecule has 0 aliphatic heterocycles. The molecule has 0 radical (unpaired) electrons. The van der Waals surface area contributed by atoms with Crippen LogP contribution in [0.4, 0.5) is 5.82 Å². The van der Waals surface area contributed by atoms with Gasteiger partial charge in [0.1, 0.15) is 11.6 Å². The summed E-state index contributed by atoms with van der Waals surface area (Å²) in [5.74, 6) is 2.06. The minimum Gasteiger partial charge on any atom is -0.373 e. The Hall–Kier alpha value is -1.90. The minimum atomic E-state index is 0.318. The van der Waals surface area contributed by atoms with Crippen molar-refractivity contribution in [1.29, 1.82) is 0 Å². The van der Waals surface area contributed by atoms with Gasteiger partial charge < -0.3 is 5.32 Å². The highest BCUT2D eigenvalue weighted by molar-refractivity contribution is 5.64. The van der Waals surface area contributed by atoms with E-state index in [1.807, 2.05) is 13.1 Å². The van der Waals surface area contributed by atoms with Crippen LogP contribution >= 0.6 is 0 Å². The smallest absolute Gasteiger partial charge is 0.133 e. The summed E-state index contributed by atoms with van der Waals surface area (Å²) in [4.78, 5) is 9.18. The van der Waals surface area contributed by atoms with Gasteiger partial charge >= 0.3 is 0 Å². The second-order valence-electron chi connectivity index (χ2n) is 5.28. The predicted octanol–water partition coefficient (Wildman–Crippen LogP) is 3.93. The Morgan fingerprint density at radius 1 is 0.947 bits per heavy atom. The number of hydrogen-bond acceptors (Lipinski definition) is 3. The van der Waals surface area contributed by atoms with E-state index in [-0.39, 0.29) is 0 Å². The van der Waals surface area contributed by atoms with Gasteiger partial charge in [0.25, 0.3) is 0 Å². The zero-order valence-corrected chi connectivity index (χ0v) is 12.3. The van der Waals surface area contributed by atoms with E-state index < -0.39 is 0 Å². The van der Waals surface area contributed by atoms with Crippen molar-refractivity contribution in [1.82, 2.24) is 9.97 Å². The van der Waals surface area contributed by atoms with Crippen molar-refractivity contribution >= 4 is 5.82 Å². The van der Waals surface area contributed by atoms with Gasteiger partial charge in [-0.05, 0) is 26.0 Å². The number of aromatic nitrogens is 2. The predicted molar refractivity (Wildman–Crippen MR) is 80.6 cm³/mol. The summed E-state index contributed by atoms with van der Waals surface area (Å²) >= 11 is 0. The van der Waals surface area contributed by atoms with E-state index in [1.165, 1.54) is 11.1 Å². The third kappa shape index (κ3) is 3.11. The zero-order valence-electron chi connectivity index (χ0n) is 12.3. The van der Waals surface area contributed by atoms with Crippen LogP contribution in [0.25, 0.3) is 11.3 Å². The third-order valence-corrected chi connectivity index (χ3v) is 3.03. The molecule has 2 rings (SSSR count). The molecule has 100 valence electrons. The fraction of sp³-hybridized carbons (Fsp3) is 0.375. The molecule has 0 bridgehead atoms. The molecule has 0 aliphatic rings. The molecule has 1 aromatic carbocycles. The molecule has 3 nitrogen and oxygen atoms in total. The maximum Gasteiger partial charge on any atom is 0.133 e. The molecule has 0 unspecified atom stereocenters. The fourth-order valence-electron chi connectivity index (χ4n) is 2.12. The average molecular weight is 255 g/mol. The van der Waals surface area contributed by atoms with Crippen LogP contribution in [-0.2, 0) is 0 Å². The van der Waals surface area contributed by atoms with Gasteiger partial charge in [-0.15, -0.1) is 0 Å². The van der Waals surface area contributed by atoms with E-state index in [2.05, 4.69) is 61.2 Å². The number of rotatable bonds is 3. The van der Waals surface area contributed by atoms with Crippen molar-refractivity contribution in [2.45, 2.75) is 33.6 Å². The molecule has 0 aliphatic carbocycles. The summed E-state index contributed by atoms with van der Waals surface area (Å²) in [6.07, 6.45) is 0. The van der Waals surface area contributed by atoms with Gasteiger partial charge in [0, 0.05) is 24.6 Å². The van der Waals surface area contributed by atoms with Gasteiger partial charge in [-0.1, -0.05) is 31.0 Å². The highest BCUT2D eigenvalue weighted by atomic mass is 15.0. The highest BCUT2D eigenvalue weighted by Crippen LogP contribution is 2.24. The second-order valence-corrected chi connectivity index (χ2v) is 5.28. The van der Waals surface area contributed by atoms with E-state index in [0.717, 1.165) is 22.9 Å². The van der Waals surface area contributed by atoms with Crippen LogP contribution in [-0.4, -0.2) is 17.0 Å². The maximum atomic E-state index is 4.68. The third-order valence-electron chi connectivity index (χ3n) is 3.03. The van der Waals surface area contributed by atoms with Crippen LogP contribution < -0.4 is 5.32 Å². The largest absolute Gasteiger partial charge is 0.373 e. The number of benzene rings is 1. The standard InChI is InChI=1S/C16H21N3/c1-10(2)16-18-14(9-15(17-5)19-16)13-7-11(3)6-12(4)8-13/h6-10H,1-5H3,(H,17,18,19). The Kier molecular flexibility index (Phi) is 3.84. The first-order valence-electron chi connectivity index (χ1n) is 6.65. The number of hydrogen-bond donors (Lipinski definition) is 1. The van der Waals surface area contributed by atoms with E-state index >= 15 is 0 Å². The quantitative estimate of drug-likeness (QED) is 0.903. The molecule has 1 aromatic heterocycles.